The van der Waals surface area contributed by atoms with Crippen molar-refractivity contribution in [2.75, 3.05) is 0 Å². The number of carboxylic acid groups (broad SMARTS) is 1. The molecule has 2 aromatic carbocycles. The van der Waals surface area contributed by atoms with Gasteiger partial charge in [-0.3, -0.25) is 4.90 Å². The van der Waals surface area contributed by atoms with Gasteiger partial charge in [0.05, 0.1) is 5.56 Å². The second-order valence-corrected chi connectivity index (χ2v) is 6.09. The maximum absolute atomic E-state index is 13.9. The molecule has 0 spiro atoms. The molecule has 0 unspecified atom stereocenters. The van der Waals surface area contributed by atoms with Crippen LogP contribution in [0.2, 0.25) is 0 Å². The number of carboxylic acids is 1. The summed E-state index contributed by atoms with van der Waals surface area (Å²) in [6, 6.07) is 10.2. The largest absolute Gasteiger partial charge is 0.478 e. The van der Waals surface area contributed by atoms with Gasteiger partial charge in [-0.25, -0.2) is 9.18 Å². The van der Waals surface area contributed by atoms with Crippen LogP contribution in [0.4, 0.5) is 4.39 Å². The molecule has 2 aromatic rings. The van der Waals surface area contributed by atoms with Gasteiger partial charge in [0.25, 0.3) is 0 Å². The molecule has 1 aliphatic heterocycles. The van der Waals surface area contributed by atoms with Crippen molar-refractivity contribution >= 4 is 21.9 Å². The van der Waals surface area contributed by atoms with E-state index in [1.165, 1.54) is 6.07 Å². The van der Waals surface area contributed by atoms with Crippen LogP contribution in [0.5, 0.6) is 0 Å². The quantitative estimate of drug-likeness (QED) is 0.915. The Morgan fingerprint density at radius 1 is 1.19 bits per heavy atom. The Hall–Kier alpha value is -1.72. The lowest BCUT2D eigenvalue weighted by molar-refractivity contribution is 0.0696. The normalized spacial score (nSPS) is 14.2. The average Bonchev–Trinajstić information content (AvgIpc) is 2.83. The molecule has 1 heterocycles. The molecule has 0 bridgehead atoms. The van der Waals surface area contributed by atoms with Gasteiger partial charge in [0.2, 0.25) is 0 Å². The average molecular weight is 350 g/mol. The summed E-state index contributed by atoms with van der Waals surface area (Å²) in [5.74, 6) is -1.15. The molecule has 0 saturated carbocycles. The second-order valence-electron chi connectivity index (χ2n) is 5.17. The summed E-state index contributed by atoms with van der Waals surface area (Å²) in [5, 5.41) is 9.01. The number of rotatable bonds is 3. The van der Waals surface area contributed by atoms with Gasteiger partial charge in [-0.1, -0.05) is 28.1 Å². The van der Waals surface area contributed by atoms with Crippen LogP contribution in [0, 0.1) is 5.82 Å². The van der Waals surface area contributed by atoms with Gasteiger partial charge >= 0.3 is 5.97 Å². The summed E-state index contributed by atoms with van der Waals surface area (Å²) in [5.41, 5.74) is 3.06. The summed E-state index contributed by atoms with van der Waals surface area (Å²) in [6.45, 7) is 1.87. The van der Waals surface area contributed by atoms with E-state index in [0.717, 1.165) is 15.6 Å². The Balaban J connectivity index is 1.77. The van der Waals surface area contributed by atoms with Gasteiger partial charge in [-0.15, -0.1) is 0 Å². The molecule has 1 aliphatic rings. The summed E-state index contributed by atoms with van der Waals surface area (Å²) in [4.78, 5) is 13.1. The highest BCUT2D eigenvalue weighted by Crippen LogP contribution is 2.26. The first-order valence-corrected chi connectivity index (χ1v) is 7.33. The minimum atomic E-state index is -0.921. The fourth-order valence-electron chi connectivity index (χ4n) is 2.60. The predicted octanol–water partition coefficient (Wildman–Crippen LogP) is 3.80. The number of nitrogens with zero attached hydrogens (tertiary/aromatic N) is 1. The number of benzene rings is 2. The summed E-state index contributed by atoms with van der Waals surface area (Å²) >= 11 is 3.24. The molecular weight excluding hydrogens is 337 g/mol. The molecule has 3 rings (SSSR count). The van der Waals surface area contributed by atoms with Crippen LogP contribution in [0.25, 0.3) is 0 Å². The van der Waals surface area contributed by atoms with Gasteiger partial charge < -0.3 is 5.11 Å². The number of halogens is 2. The van der Waals surface area contributed by atoms with Crippen molar-refractivity contribution in [3.05, 3.63) is 68.9 Å². The van der Waals surface area contributed by atoms with Gasteiger partial charge in [-0.2, -0.15) is 0 Å². The molecule has 0 saturated heterocycles. The zero-order valence-corrected chi connectivity index (χ0v) is 12.7. The Bertz CT molecular complexity index is 717. The van der Waals surface area contributed by atoms with E-state index in [1.54, 1.807) is 18.2 Å². The van der Waals surface area contributed by atoms with E-state index in [9.17, 15) is 9.18 Å². The van der Waals surface area contributed by atoms with Gasteiger partial charge in [0, 0.05) is 29.7 Å². The van der Waals surface area contributed by atoms with E-state index >= 15 is 0 Å². The predicted molar refractivity (Wildman–Crippen MR) is 80.5 cm³/mol. The van der Waals surface area contributed by atoms with Crippen LogP contribution < -0.4 is 0 Å². The van der Waals surface area contributed by atoms with Gasteiger partial charge in [-0.05, 0) is 35.4 Å². The molecule has 0 radical (unpaired) electrons. The van der Waals surface area contributed by atoms with Crippen LogP contribution in [-0.4, -0.2) is 16.0 Å². The first-order valence-electron chi connectivity index (χ1n) is 6.54. The van der Waals surface area contributed by atoms with Crippen LogP contribution in [0.3, 0.4) is 0 Å². The highest BCUT2D eigenvalue weighted by molar-refractivity contribution is 9.10. The van der Waals surface area contributed by atoms with E-state index in [-0.39, 0.29) is 5.82 Å². The molecular formula is C16H13BrFNO2. The van der Waals surface area contributed by atoms with Crippen molar-refractivity contribution in [1.29, 1.82) is 0 Å². The lowest BCUT2D eigenvalue weighted by Crippen LogP contribution is -2.16. The van der Waals surface area contributed by atoms with Crippen molar-refractivity contribution in [3.8, 4) is 0 Å². The van der Waals surface area contributed by atoms with Crippen LogP contribution in [0.15, 0.2) is 40.9 Å². The molecule has 0 fully saturated rings. The minimum Gasteiger partial charge on any atom is -0.478 e. The van der Waals surface area contributed by atoms with Gasteiger partial charge in [0.1, 0.15) is 5.82 Å². The highest BCUT2D eigenvalue weighted by Gasteiger charge is 2.21. The van der Waals surface area contributed by atoms with E-state index in [1.807, 2.05) is 12.1 Å². The van der Waals surface area contributed by atoms with E-state index in [4.69, 9.17) is 5.11 Å². The van der Waals surface area contributed by atoms with Crippen molar-refractivity contribution in [2.24, 2.45) is 0 Å². The summed E-state index contributed by atoms with van der Waals surface area (Å²) in [6.07, 6.45) is 0. The maximum Gasteiger partial charge on any atom is 0.335 e. The zero-order valence-electron chi connectivity index (χ0n) is 11.1. The van der Waals surface area contributed by atoms with Gasteiger partial charge in [0.15, 0.2) is 0 Å². The molecule has 5 heteroatoms. The summed E-state index contributed by atoms with van der Waals surface area (Å²) < 4.78 is 14.6. The number of hydrogen-bond donors (Lipinski definition) is 1. The van der Waals surface area contributed by atoms with Crippen molar-refractivity contribution in [1.82, 2.24) is 4.90 Å². The first kappa shape index (κ1) is 14.2. The zero-order chi connectivity index (χ0) is 15.0. The molecule has 0 amide bonds. The second kappa shape index (κ2) is 5.58. The van der Waals surface area contributed by atoms with E-state index < -0.39 is 5.97 Å². The van der Waals surface area contributed by atoms with Crippen molar-refractivity contribution in [3.63, 3.8) is 0 Å². The fourth-order valence-corrected chi connectivity index (χ4v) is 2.93. The summed E-state index contributed by atoms with van der Waals surface area (Å²) in [7, 11) is 0. The van der Waals surface area contributed by atoms with Crippen molar-refractivity contribution < 1.29 is 14.3 Å². The third-order valence-electron chi connectivity index (χ3n) is 3.65. The molecule has 1 N–H and O–H groups in total. The van der Waals surface area contributed by atoms with Crippen LogP contribution in [0.1, 0.15) is 27.0 Å². The molecule has 0 aliphatic carbocycles. The minimum absolute atomic E-state index is 0.230. The standard InChI is InChI=1S/C16H13BrFNO2/c17-14-4-3-12(15(18)6-14)8-19-7-11-2-1-10(16(20)21)5-13(11)9-19/h1-6H,7-9H2,(H,20,21). The number of hydrogen-bond acceptors (Lipinski definition) is 2. The van der Waals surface area contributed by atoms with E-state index in [2.05, 4.69) is 20.8 Å². The third kappa shape index (κ3) is 2.99. The maximum atomic E-state index is 13.9. The Kier molecular flexibility index (Phi) is 3.78. The molecule has 0 aromatic heterocycles. The first-order chi connectivity index (χ1) is 10.0. The topological polar surface area (TPSA) is 40.5 Å². The van der Waals surface area contributed by atoms with Crippen LogP contribution in [-0.2, 0) is 19.6 Å². The SMILES string of the molecule is O=C(O)c1ccc2c(c1)CN(Cc1ccc(Br)cc1F)C2. The Morgan fingerprint density at radius 2 is 1.95 bits per heavy atom. The van der Waals surface area contributed by atoms with Crippen molar-refractivity contribution in [2.45, 2.75) is 19.6 Å². The lowest BCUT2D eigenvalue weighted by Gasteiger charge is -2.15. The van der Waals surface area contributed by atoms with E-state index in [0.29, 0.717) is 30.8 Å². The smallest absolute Gasteiger partial charge is 0.335 e. The fraction of sp³-hybridized carbons (Fsp3) is 0.188. The number of fused-ring (bicyclic) bond motifs is 1. The Labute approximate surface area is 130 Å². The monoisotopic (exact) mass is 349 g/mol. The molecule has 3 nitrogen and oxygen atoms in total. The molecule has 108 valence electrons. The number of carbonyl (C=O) groups is 1. The third-order valence-corrected chi connectivity index (χ3v) is 4.14. The molecule has 21 heavy (non-hydrogen) atoms. The Morgan fingerprint density at radius 3 is 2.67 bits per heavy atom. The molecule has 0 atom stereocenters. The number of aromatic carboxylic acids is 1. The van der Waals surface area contributed by atoms with Crippen LogP contribution >= 0.6 is 15.9 Å². The highest BCUT2D eigenvalue weighted by atomic mass is 79.9. The lowest BCUT2D eigenvalue weighted by atomic mass is 10.1.